The fourth-order valence-electron chi connectivity index (χ4n) is 1.54. The molecule has 0 saturated heterocycles. The second-order valence-electron chi connectivity index (χ2n) is 4.16. The number of carbonyl (C=O) groups is 1. The Kier molecular flexibility index (Phi) is 5.42. The number of thioether (sulfide) groups is 1. The Balaban J connectivity index is 2.59. The van der Waals surface area contributed by atoms with Gasteiger partial charge in [-0.15, -0.1) is 5.10 Å². The van der Waals surface area contributed by atoms with Gasteiger partial charge in [-0.25, -0.2) is 9.89 Å². The molecule has 1 amide bonds. The number of primary amides is 1. The molecule has 1 heterocycles. The van der Waals surface area contributed by atoms with E-state index in [9.17, 15) is 9.59 Å². The minimum atomic E-state index is -0.374. The average molecular weight is 273 g/mol. The van der Waals surface area contributed by atoms with Crippen molar-refractivity contribution < 1.29 is 4.79 Å². The van der Waals surface area contributed by atoms with Crippen molar-refractivity contribution in [3.63, 3.8) is 0 Å². The summed E-state index contributed by atoms with van der Waals surface area (Å²) >= 11 is 1.43. The van der Waals surface area contributed by atoms with Crippen LogP contribution in [0.25, 0.3) is 0 Å². The summed E-state index contributed by atoms with van der Waals surface area (Å²) in [5.41, 5.74) is 5.01. The van der Waals surface area contributed by atoms with Crippen LogP contribution >= 0.6 is 11.8 Å². The minimum Gasteiger partial charge on any atom is -0.368 e. The standard InChI is InChI=1S/C10H19N5O2S/c1-6(2)15-9(17)13-14-10(15)18-5-4-7(12-3)8(11)16/h6-7,12H,4-5H2,1-3H3,(H2,11,16)(H,13,17). The molecule has 7 nitrogen and oxygen atoms in total. The summed E-state index contributed by atoms with van der Waals surface area (Å²) in [5, 5.41) is 9.86. The maximum absolute atomic E-state index is 11.5. The zero-order chi connectivity index (χ0) is 13.7. The van der Waals surface area contributed by atoms with Crippen molar-refractivity contribution >= 4 is 17.7 Å². The van der Waals surface area contributed by atoms with E-state index in [-0.39, 0.29) is 23.7 Å². The van der Waals surface area contributed by atoms with E-state index in [4.69, 9.17) is 5.73 Å². The van der Waals surface area contributed by atoms with Crippen molar-refractivity contribution in [3.8, 4) is 0 Å². The number of nitrogens with zero attached hydrogens (tertiary/aromatic N) is 2. The Morgan fingerprint density at radius 3 is 2.78 bits per heavy atom. The fraction of sp³-hybridized carbons (Fsp3) is 0.700. The van der Waals surface area contributed by atoms with E-state index in [0.29, 0.717) is 17.3 Å². The van der Waals surface area contributed by atoms with E-state index < -0.39 is 0 Å². The van der Waals surface area contributed by atoms with Gasteiger partial charge in [0.1, 0.15) is 0 Å². The lowest BCUT2D eigenvalue weighted by Crippen LogP contribution is -2.39. The number of H-pyrrole nitrogens is 1. The van der Waals surface area contributed by atoms with E-state index in [2.05, 4.69) is 15.5 Å². The van der Waals surface area contributed by atoms with Crippen LogP contribution in [-0.2, 0) is 4.79 Å². The van der Waals surface area contributed by atoms with Crippen molar-refractivity contribution in [3.05, 3.63) is 10.5 Å². The number of nitrogens with one attached hydrogen (secondary N) is 2. The molecule has 1 aromatic heterocycles. The molecule has 0 radical (unpaired) electrons. The lowest BCUT2D eigenvalue weighted by Gasteiger charge is -2.12. The Morgan fingerprint density at radius 1 is 1.61 bits per heavy atom. The quantitative estimate of drug-likeness (QED) is 0.592. The molecule has 0 aromatic carbocycles. The summed E-state index contributed by atoms with van der Waals surface area (Å²) < 4.78 is 1.59. The number of nitrogens with two attached hydrogens (primary N) is 1. The van der Waals surface area contributed by atoms with Crippen LogP contribution in [-0.4, -0.2) is 39.5 Å². The number of carbonyl (C=O) groups excluding carboxylic acids is 1. The van der Waals surface area contributed by atoms with Gasteiger partial charge in [-0.1, -0.05) is 11.8 Å². The van der Waals surface area contributed by atoms with Gasteiger partial charge < -0.3 is 11.1 Å². The normalized spacial score (nSPS) is 12.9. The number of rotatable bonds is 7. The second-order valence-corrected chi connectivity index (χ2v) is 5.22. The molecule has 1 atom stereocenters. The molecule has 18 heavy (non-hydrogen) atoms. The van der Waals surface area contributed by atoms with Crippen molar-refractivity contribution in [1.82, 2.24) is 20.1 Å². The molecular formula is C10H19N5O2S. The lowest BCUT2D eigenvalue weighted by molar-refractivity contribution is -0.119. The summed E-state index contributed by atoms with van der Waals surface area (Å²) in [6.07, 6.45) is 0.593. The molecule has 1 unspecified atom stereocenters. The third-order valence-electron chi connectivity index (χ3n) is 2.52. The van der Waals surface area contributed by atoms with Gasteiger partial charge in [0.15, 0.2) is 5.16 Å². The zero-order valence-electron chi connectivity index (χ0n) is 10.8. The Labute approximate surface area is 110 Å². The molecule has 1 aromatic rings. The molecule has 102 valence electrons. The molecule has 0 bridgehead atoms. The van der Waals surface area contributed by atoms with Crippen molar-refractivity contribution in [1.29, 1.82) is 0 Å². The van der Waals surface area contributed by atoms with Gasteiger partial charge in [-0.05, 0) is 27.3 Å². The highest BCUT2D eigenvalue weighted by Gasteiger charge is 2.15. The Morgan fingerprint density at radius 2 is 2.28 bits per heavy atom. The molecule has 4 N–H and O–H groups in total. The molecule has 1 rings (SSSR count). The number of hydrogen-bond acceptors (Lipinski definition) is 5. The Bertz CT molecular complexity index is 453. The van der Waals surface area contributed by atoms with E-state index in [1.807, 2.05) is 13.8 Å². The third kappa shape index (κ3) is 3.61. The monoisotopic (exact) mass is 273 g/mol. The van der Waals surface area contributed by atoms with Gasteiger partial charge in [-0.3, -0.25) is 9.36 Å². The van der Waals surface area contributed by atoms with E-state index >= 15 is 0 Å². The first-order valence-electron chi connectivity index (χ1n) is 5.73. The molecule has 0 aliphatic heterocycles. The van der Waals surface area contributed by atoms with Crippen LogP contribution in [0.4, 0.5) is 0 Å². The number of amides is 1. The maximum atomic E-state index is 11.5. The van der Waals surface area contributed by atoms with Gasteiger partial charge in [0.25, 0.3) is 0 Å². The largest absolute Gasteiger partial charge is 0.368 e. The topological polar surface area (TPSA) is 106 Å². The SMILES string of the molecule is CNC(CCSc1n[nH]c(=O)n1C(C)C)C(N)=O. The van der Waals surface area contributed by atoms with Gasteiger partial charge >= 0.3 is 5.69 Å². The molecule has 8 heteroatoms. The zero-order valence-corrected chi connectivity index (χ0v) is 11.6. The summed E-state index contributed by atoms with van der Waals surface area (Å²) in [4.78, 5) is 22.5. The van der Waals surface area contributed by atoms with Crippen LogP contribution in [0.2, 0.25) is 0 Å². The number of likely N-dealkylation sites (N-methyl/N-ethyl adjacent to an activating group) is 1. The van der Waals surface area contributed by atoms with Crippen molar-refractivity contribution in [2.45, 2.75) is 37.5 Å². The molecular weight excluding hydrogens is 254 g/mol. The van der Waals surface area contributed by atoms with Crippen molar-refractivity contribution in [2.24, 2.45) is 5.73 Å². The van der Waals surface area contributed by atoms with E-state index in [1.165, 1.54) is 11.8 Å². The predicted molar refractivity (Wildman–Crippen MR) is 70.6 cm³/mol. The molecule has 0 aliphatic carbocycles. The van der Waals surface area contributed by atoms with E-state index in [0.717, 1.165) is 0 Å². The number of aromatic nitrogens is 3. The highest BCUT2D eigenvalue weighted by molar-refractivity contribution is 7.99. The minimum absolute atomic E-state index is 0.0509. The first-order valence-corrected chi connectivity index (χ1v) is 6.72. The van der Waals surface area contributed by atoms with E-state index in [1.54, 1.807) is 11.6 Å². The van der Waals surface area contributed by atoms with Gasteiger partial charge in [-0.2, -0.15) is 0 Å². The fourth-order valence-corrected chi connectivity index (χ4v) is 2.62. The molecule has 0 fully saturated rings. The highest BCUT2D eigenvalue weighted by atomic mass is 32.2. The van der Waals surface area contributed by atoms with Crippen LogP contribution in [0.5, 0.6) is 0 Å². The Hall–Kier alpha value is -1.28. The number of aromatic amines is 1. The lowest BCUT2D eigenvalue weighted by atomic mass is 10.2. The van der Waals surface area contributed by atoms with Crippen LogP contribution < -0.4 is 16.7 Å². The average Bonchev–Trinajstić information content (AvgIpc) is 2.65. The van der Waals surface area contributed by atoms with Crippen LogP contribution in [0, 0.1) is 0 Å². The van der Waals surface area contributed by atoms with Gasteiger partial charge in [0.05, 0.1) is 6.04 Å². The number of hydrogen-bond donors (Lipinski definition) is 3. The summed E-state index contributed by atoms with van der Waals surface area (Å²) in [5.74, 6) is 0.284. The molecule has 0 aliphatic rings. The maximum Gasteiger partial charge on any atom is 0.344 e. The third-order valence-corrected chi connectivity index (χ3v) is 3.50. The highest BCUT2D eigenvalue weighted by Crippen LogP contribution is 2.18. The summed E-state index contributed by atoms with van der Waals surface area (Å²) in [6.45, 7) is 3.83. The molecule has 0 spiro atoms. The molecule has 0 saturated carbocycles. The van der Waals surface area contributed by atoms with Crippen LogP contribution in [0.3, 0.4) is 0 Å². The predicted octanol–water partition coefficient (Wildman–Crippen LogP) is -0.292. The first-order chi connectivity index (χ1) is 8.47. The van der Waals surface area contributed by atoms with Gasteiger partial charge in [0.2, 0.25) is 5.91 Å². The summed E-state index contributed by atoms with van der Waals surface area (Å²) in [6, 6.07) is -0.300. The van der Waals surface area contributed by atoms with Crippen LogP contribution in [0.15, 0.2) is 9.95 Å². The summed E-state index contributed by atoms with van der Waals surface area (Å²) in [7, 11) is 1.69. The first kappa shape index (κ1) is 14.8. The van der Waals surface area contributed by atoms with Gasteiger partial charge in [0, 0.05) is 11.8 Å². The smallest absolute Gasteiger partial charge is 0.344 e. The second kappa shape index (κ2) is 6.60. The van der Waals surface area contributed by atoms with Crippen LogP contribution in [0.1, 0.15) is 26.3 Å². The van der Waals surface area contributed by atoms with Crippen molar-refractivity contribution in [2.75, 3.05) is 12.8 Å².